The van der Waals surface area contributed by atoms with Crippen molar-refractivity contribution in [2.75, 3.05) is 19.6 Å². The van der Waals surface area contributed by atoms with E-state index < -0.39 is 0 Å². The predicted octanol–water partition coefficient (Wildman–Crippen LogP) is 1.08. The quantitative estimate of drug-likeness (QED) is 0.630. The molecule has 1 saturated carbocycles. The van der Waals surface area contributed by atoms with Crippen LogP contribution in [-0.4, -0.2) is 36.6 Å². The van der Waals surface area contributed by atoms with Crippen LogP contribution < -0.4 is 5.32 Å². The molecule has 0 aromatic rings. The third kappa shape index (κ3) is 1.64. The Labute approximate surface area is 75.3 Å². The first kappa shape index (κ1) is 8.52. The van der Waals surface area contributed by atoms with Gasteiger partial charge in [0, 0.05) is 31.7 Å². The minimum atomic E-state index is 0.703. The summed E-state index contributed by atoms with van der Waals surface area (Å²) in [6.45, 7) is 8.36. The summed E-state index contributed by atoms with van der Waals surface area (Å²) >= 11 is 0. The smallest absolute Gasteiger partial charge is 0.0167 e. The van der Waals surface area contributed by atoms with Gasteiger partial charge in [-0.1, -0.05) is 6.92 Å². The van der Waals surface area contributed by atoms with Crippen molar-refractivity contribution in [3.05, 3.63) is 0 Å². The minimum absolute atomic E-state index is 0.703. The number of hydrogen-bond donors (Lipinski definition) is 1. The SMILES string of the molecule is CC1CC(N2CCN[C@H](C)C2)C1. The molecule has 0 bridgehead atoms. The molecule has 2 heteroatoms. The second-order valence-corrected chi connectivity index (χ2v) is 4.58. The molecule has 0 amide bonds. The Bertz CT molecular complexity index is 152. The van der Waals surface area contributed by atoms with E-state index in [9.17, 15) is 0 Å². The third-order valence-electron chi connectivity index (χ3n) is 3.27. The van der Waals surface area contributed by atoms with Crippen LogP contribution >= 0.6 is 0 Å². The van der Waals surface area contributed by atoms with Gasteiger partial charge in [0.05, 0.1) is 0 Å². The highest BCUT2D eigenvalue weighted by molar-refractivity contribution is 4.88. The maximum Gasteiger partial charge on any atom is 0.0167 e. The summed E-state index contributed by atoms with van der Waals surface area (Å²) in [5.41, 5.74) is 0. The van der Waals surface area contributed by atoms with Crippen LogP contribution in [0.3, 0.4) is 0 Å². The van der Waals surface area contributed by atoms with E-state index in [4.69, 9.17) is 0 Å². The number of nitrogens with one attached hydrogen (secondary N) is 1. The number of hydrogen-bond acceptors (Lipinski definition) is 2. The summed E-state index contributed by atoms with van der Waals surface area (Å²) < 4.78 is 0. The van der Waals surface area contributed by atoms with Crippen molar-refractivity contribution in [2.24, 2.45) is 5.92 Å². The summed E-state index contributed by atoms with van der Waals surface area (Å²) in [5, 5.41) is 3.48. The lowest BCUT2D eigenvalue weighted by Gasteiger charge is -2.45. The molecule has 1 heterocycles. The van der Waals surface area contributed by atoms with Gasteiger partial charge in [-0.15, -0.1) is 0 Å². The molecule has 0 radical (unpaired) electrons. The molecule has 1 atom stereocenters. The van der Waals surface area contributed by atoms with Crippen LogP contribution in [0.1, 0.15) is 26.7 Å². The fraction of sp³-hybridized carbons (Fsp3) is 1.00. The van der Waals surface area contributed by atoms with Crippen LogP contribution in [0, 0.1) is 5.92 Å². The first-order valence-corrected chi connectivity index (χ1v) is 5.23. The van der Waals surface area contributed by atoms with E-state index in [2.05, 4.69) is 24.1 Å². The lowest BCUT2D eigenvalue weighted by molar-refractivity contribution is 0.0627. The summed E-state index contributed by atoms with van der Waals surface area (Å²) in [5.74, 6) is 0.986. The maximum absolute atomic E-state index is 3.48. The summed E-state index contributed by atoms with van der Waals surface area (Å²) in [4.78, 5) is 2.67. The highest BCUT2D eigenvalue weighted by Crippen LogP contribution is 2.31. The van der Waals surface area contributed by atoms with Crippen LogP contribution in [0.4, 0.5) is 0 Å². The van der Waals surface area contributed by atoms with Crippen molar-refractivity contribution in [3.63, 3.8) is 0 Å². The van der Waals surface area contributed by atoms with Crippen molar-refractivity contribution in [1.82, 2.24) is 10.2 Å². The summed E-state index contributed by atoms with van der Waals surface area (Å²) in [6, 6.07) is 1.62. The van der Waals surface area contributed by atoms with Gasteiger partial charge in [0.25, 0.3) is 0 Å². The number of nitrogens with zero attached hydrogens (tertiary/aromatic N) is 1. The highest BCUT2D eigenvalue weighted by Gasteiger charge is 2.32. The van der Waals surface area contributed by atoms with Gasteiger partial charge in [0.15, 0.2) is 0 Å². The third-order valence-corrected chi connectivity index (χ3v) is 3.27. The molecule has 2 aliphatic rings. The molecule has 1 aliphatic heterocycles. The Morgan fingerprint density at radius 3 is 2.58 bits per heavy atom. The van der Waals surface area contributed by atoms with E-state index in [0.717, 1.165) is 12.0 Å². The van der Waals surface area contributed by atoms with E-state index in [1.165, 1.54) is 32.5 Å². The van der Waals surface area contributed by atoms with Crippen molar-refractivity contribution >= 4 is 0 Å². The molecular formula is C10H20N2. The van der Waals surface area contributed by atoms with Crippen LogP contribution in [0.2, 0.25) is 0 Å². The average molecular weight is 168 g/mol. The zero-order valence-electron chi connectivity index (χ0n) is 8.21. The van der Waals surface area contributed by atoms with Gasteiger partial charge in [-0.2, -0.15) is 0 Å². The largest absolute Gasteiger partial charge is 0.312 e. The second kappa shape index (κ2) is 3.35. The molecule has 1 aliphatic carbocycles. The van der Waals surface area contributed by atoms with Crippen LogP contribution in [0.5, 0.6) is 0 Å². The molecule has 12 heavy (non-hydrogen) atoms. The monoisotopic (exact) mass is 168 g/mol. The molecule has 0 spiro atoms. The first-order valence-electron chi connectivity index (χ1n) is 5.23. The second-order valence-electron chi connectivity index (χ2n) is 4.58. The molecule has 2 fully saturated rings. The topological polar surface area (TPSA) is 15.3 Å². The van der Waals surface area contributed by atoms with Gasteiger partial charge in [-0.3, -0.25) is 4.90 Å². The Hall–Kier alpha value is -0.0800. The van der Waals surface area contributed by atoms with Crippen LogP contribution in [0.15, 0.2) is 0 Å². The van der Waals surface area contributed by atoms with Gasteiger partial charge < -0.3 is 5.32 Å². The van der Waals surface area contributed by atoms with E-state index >= 15 is 0 Å². The van der Waals surface area contributed by atoms with Crippen molar-refractivity contribution in [2.45, 2.75) is 38.8 Å². The van der Waals surface area contributed by atoms with Gasteiger partial charge >= 0.3 is 0 Å². The molecule has 0 unspecified atom stereocenters. The lowest BCUT2D eigenvalue weighted by atomic mass is 9.80. The van der Waals surface area contributed by atoms with Gasteiger partial charge in [0.1, 0.15) is 0 Å². The zero-order chi connectivity index (χ0) is 8.55. The van der Waals surface area contributed by atoms with Crippen LogP contribution in [-0.2, 0) is 0 Å². The normalized spacial score (nSPS) is 44.0. The zero-order valence-corrected chi connectivity index (χ0v) is 8.21. The molecule has 0 aromatic heterocycles. The standard InChI is InChI=1S/C10H20N2/c1-8-5-10(6-8)12-4-3-11-9(2)7-12/h8-11H,3-7H2,1-2H3/t8?,9-,10?/m1/s1. The molecule has 1 N–H and O–H groups in total. The van der Waals surface area contributed by atoms with Crippen molar-refractivity contribution in [1.29, 1.82) is 0 Å². The molecule has 0 aromatic carbocycles. The van der Waals surface area contributed by atoms with Crippen molar-refractivity contribution < 1.29 is 0 Å². The average Bonchev–Trinajstić information content (AvgIpc) is 1.99. The Morgan fingerprint density at radius 1 is 1.25 bits per heavy atom. The van der Waals surface area contributed by atoms with E-state index in [1.807, 2.05) is 0 Å². The molecule has 2 nitrogen and oxygen atoms in total. The number of rotatable bonds is 1. The van der Waals surface area contributed by atoms with E-state index in [0.29, 0.717) is 6.04 Å². The maximum atomic E-state index is 3.48. The van der Waals surface area contributed by atoms with Crippen LogP contribution in [0.25, 0.3) is 0 Å². The fourth-order valence-corrected chi connectivity index (χ4v) is 2.45. The number of piperazine rings is 1. The molecular weight excluding hydrogens is 148 g/mol. The molecule has 70 valence electrons. The predicted molar refractivity (Wildman–Crippen MR) is 51.2 cm³/mol. The van der Waals surface area contributed by atoms with Gasteiger partial charge in [-0.25, -0.2) is 0 Å². The lowest BCUT2D eigenvalue weighted by Crippen LogP contribution is -2.55. The van der Waals surface area contributed by atoms with Gasteiger partial charge in [-0.05, 0) is 25.7 Å². The van der Waals surface area contributed by atoms with E-state index in [1.54, 1.807) is 0 Å². The fourth-order valence-electron chi connectivity index (χ4n) is 2.45. The summed E-state index contributed by atoms with van der Waals surface area (Å²) in [6.07, 6.45) is 2.87. The Balaban J connectivity index is 1.80. The summed E-state index contributed by atoms with van der Waals surface area (Å²) in [7, 11) is 0. The Morgan fingerprint density at radius 2 is 2.00 bits per heavy atom. The molecule has 1 saturated heterocycles. The Kier molecular flexibility index (Phi) is 2.37. The highest BCUT2D eigenvalue weighted by atomic mass is 15.2. The molecule has 2 rings (SSSR count). The van der Waals surface area contributed by atoms with Crippen molar-refractivity contribution in [3.8, 4) is 0 Å². The minimum Gasteiger partial charge on any atom is -0.312 e. The van der Waals surface area contributed by atoms with Gasteiger partial charge in [0.2, 0.25) is 0 Å². The first-order chi connectivity index (χ1) is 5.75. The van der Waals surface area contributed by atoms with E-state index in [-0.39, 0.29) is 0 Å².